The quantitative estimate of drug-likeness (QED) is 0.458. The Morgan fingerprint density at radius 3 is 2.41 bits per heavy atom. The normalized spacial score (nSPS) is 53.4. The third-order valence-corrected chi connectivity index (χ3v) is 10.7. The highest BCUT2D eigenvalue weighted by Gasteiger charge is 2.77. The second-order valence-corrected chi connectivity index (χ2v) is 12.4. The fraction of sp³-hybridized carbons (Fsp3) is 0.808. The van der Waals surface area contributed by atoms with Gasteiger partial charge in [0.15, 0.2) is 5.78 Å². The highest BCUT2D eigenvalue weighted by molar-refractivity contribution is 5.97. The number of hydrogen-bond donors (Lipinski definition) is 0. The summed E-state index contributed by atoms with van der Waals surface area (Å²) in [5, 5.41) is 0. The topological polar surface area (TPSA) is 82.2 Å². The van der Waals surface area contributed by atoms with E-state index < -0.39 is 10.8 Å². The molecule has 0 amide bonds. The lowest BCUT2D eigenvalue weighted by Crippen LogP contribution is -2.67. The van der Waals surface area contributed by atoms with Gasteiger partial charge in [0.05, 0.1) is 18.1 Å². The fourth-order valence-corrected chi connectivity index (χ4v) is 8.96. The molecule has 3 unspecified atom stereocenters. The number of epoxide rings is 1. The Balaban J connectivity index is 1.47. The molecule has 6 aliphatic rings. The zero-order chi connectivity index (χ0) is 22.8. The summed E-state index contributed by atoms with van der Waals surface area (Å²) in [5.41, 5.74) is -1.04. The van der Waals surface area contributed by atoms with Crippen LogP contribution in [-0.4, -0.2) is 49.1 Å². The molecule has 0 aromatic heterocycles. The van der Waals surface area contributed by atoms with Crippen molar-refractivity contribution >= 4 is 17.5 Å². The van der Waals surface area contributed by atoms with Gasteiger partial charge < -0.3 is 14.2 Å². The van der Waals surface area contributed by atoms with Crippen LogP contribution in [0.25, 0.3) is 0 Å². The molecule has 3 heterocycles. The molecule has 0 bridgehead atoms. The van der Waals surface area contributed by atoms with Gasteiger partial charge in [0, 0.05) is 41.3 Å². The molecule has 6 rings (SSSR count). The molecule has 0 radical (unpaired) electrons. The molecule has 3 saturated carbocycles. The van der Waals surface area contributed by atoms with Gasteiger partial charge >= 0.3 is 5.97 Å². The molecule has 0 aromatic carbocycles. The van der Waals surface area contributed by atoms with Crippen LogP contribution in [0.2, 0.25) is 0 Å². The van der Waals surface area contributed by atoms with Crippen molar-refractivity contribution in [1.29, 1.82) is 0 Å². The summed E-state index contributed by atoms with van der Waals surface area (Å²) < 4.78 is 17.6. The average Bonchev–Trinajstić information content (AvgIpc) is 3.37. The third kappa shape index (κ3) is 2.26. The van der Waals surface area contributed by atoms with E-state index in [4.69, 9.17) is 14.2 Å². The number of cyclic esters (lactones) is 1. The van der Waals surface area contributed by atoms with Crippen LogP contribution in [0.3, 0.4) is 0 Å². The minimum atomic E-state index is -0.748. The standard InChI is InChI=1S/C26H34O6/c1-23(2)15-10-17(27)25(4)14(26(15,5)22-19(32-22)20(23)29)6-8-24(3)16(25)11-18(28)31-21(24)13-7-9-30-12-13/h11,13-15,19,21-22H,6-10,12H2,1-5H3/t13-,14?,15?,19+,21?,22+,24-,25-,26-/m1/s1. The Bertz CT molecular complexity index is 959. The number of Topliss-reactive ketones (excluding diaryl/α,β-unsaturated/α-hetero) is 2. The number of esters is 1. The van der Waals surface area contributed by atoms with E-state index in [2.05, 4.69) is 20.8 Å². The van der Waals surface area contributed by atoms with E-state index in [0.29, 0.717) is 19.6 Å². The van der Waals surface area contributed by atoms with Crippen molar-refractivity contribution < 1.29 is 28.6 Å². The monoisotopic (exact) mass is 442 g/mol. The lowest BCUT2D eigenvalue weighted by Gasteiger charge is -2.65. The maximum Gasteiger partial charge on any atom is 0.331 e. The minimum absolute atomic E-state index is 0.0364. The predicted molar refractivity (Wildman–Crippen MR) is 114 cm³/mol. The molecule has 0 N–H and O–H groups in total. The lowest BCUT2D eigenvalue weighted by atomic mass is 9.37. The summed E-state index contributed by atoms with van der Waals surface area (Å²) in [4.78, 5) is 39.9. The van der Waals surface area contributed by atoms with Crippen molar-refractivity contribution in [2.75, 3.05) is 13.2 Å². The Morgan fingerprint density at radius 2 is 1.72 bits per heavy atom. The molecule has 9 atom stereocenters. The van der Waals surface area contributed by atoms with Gasteiger partial charge in [-0.25, -0.2) is 4.79 Å². The van der Waals surface area contributed by atoms with Crippen LogP contribution < -0.4 is 0 Å². The largest absolute Gasteiger partial charge is 0.458 e. The molecule has 6 nitrogen and oxygen atoms in total. The second kappa shape index (κ2) is 6.12. The van der Waals surface area contributed by atoms with Gasteiger partial charge in [0.2, 0.25) is 0 Å². The van der Waals surface area contributed by atoms with Gasteiger partial charge in [0.1, 0.15) is 18.0 Å². The summed E-state index contributed by atoms with van der Waals surface area (Å²) in [7, 11) is 0. The smallest absolute Gasteiger partial charge is 0.331 e. The zero-order valence-electron chi connectivity index (χ0n) is 19.7. The number of ether oxygens (including phenoxy) is 3. The van der Waals surface area contributed by atoms with E-state index in [9.17, 15) is 14.4 Å². The third-order valence-electron chi connectivity index (χ3n) is 10.7. The average molecular weight is 443 g/mol. The molecule has 0 aromatic rings. The summed E-state index contributed by atoms with van der Waals surface area (Å²) in [6.45, 7) is 11.8. The predicted octanol–water partition coefficient (Wildman–Crippen LogP) is 3.27. The second-order valence-electron chi connectivity index (χ2n) is 12.4. The summed E-state index contributed by atoms with van der Waals surface area (Å²) >= 11 is 0. The molecule has 3 aliphatic carbocycles. The van der Waals surface area contributed by atoms with Crippen molar-refractivity contribution in [1.82, 2.24) is 0 Å². The molecule has 174 valence electrons. The number of fused-ring (bicyclic) bond motifs is 7. The first-order chi connectivity index (χ1) is 15.0. The van der Waals surface area contributed by atoms with E-state index in [1.165, 1.54) is 0 Å². The van der Waals surface area contributed by atoms with Crippen molar-refractivity contribution in [3.05, 3.63) is 11.6 Å². The molecule has 6 heteroatoms. The first-order valence-corrected chi connectivity index (χ1v) is 12.2. The Morgan fingerprint density at radius 1 is 0.969 bits per heavy atom. The zero-order valence-corrected chi connectivity index (χ0v) is 19.7. The van der Waals surface area contributed by atoms with Crippen LogP contribution in [0.15, 0.2) is 11.6 Å². The molecule has 2 saturated heterocycles. The summed E-state index contributed by atoms with van der Waals surface area (Å²) in [5.74, 6) is 0.126. The van der Waals surface area contributed by atoms with Crippen molar-refractivity contribution in [2.45, 2.75) is 78.6 Å². The van der Waals surface area contributed by atoms with Crippen molar-refractivity contribution in [3.63, 3.8) is 0 Å². The van der Waals surface area contributed by atoms with Gasteiger partial charge in [-0.05, 0) is 43.6 Å². The lowest BCUT2D eigenvalue weighted by molar-refractivity contribution is -0.179. The van der Waals surface area contributed by atoms with E-state index in [1.54, 1.807) is 6.08 Å². The molecular formula is C26H34O6. The maximum absolute atomic E-state index is 14.0. The van der Waals surface area contributed by atoms with Crippen molar-refractivity contribution in [3.8, 4) is 0 Å². The van der Waals surface area contributed by atoms with E-state index >= 15 is 0 Å². The molecule has 0 spiro atoms. The van der Waals surface area contributed by atoms with E-state index in [0.717, 1.165) is 24.8 Å². The molecule has 32 heavy (non-hydrogen) atoms. The SMILES string of the molecule is CC1(C)C(=O)[C@@H]2O[C@@H]2[C@@]2(C)C1CC(=O)[C@@]1(C)C3=CC(=O)OC([C@@H]4CCOC4)[C@]3(C)CCC12. The van der Waals surface area contributed by atoms with Crippen LogP contribution in [0.4, 0.5) is 0 Å². The number of rotatable bonds is 1. The Kier molecular flexibility index (Phi) is 4.02. The molecule has 3 aliphatic heterocycles. The summed E-state index contributed by atoms with van der Waals surface area (Å²) in [6.07, 6.45) is 3.86. The number of carbonyl (C=O) groups is 3. The van der Waals surface area contributed by atoms with Crippen LogP contribution in [-0.2, 0) is 28.6 Å². The van der Waals surface area contributed by atoms with Gasteiger partial charge in [-0.1, -0.05) is 27.7 Å². The fourth-order valence-electron chi connectivity index (χ4n) is 8.96. The highest BCUT2D eigenvalue weighted by Crippen LogP contribution is 2.73. The molecule has 5 fully saturated rings. The van der Waals surface area contributed by atoms with Gasteiger partial charge in [-0.3, -0.25) is 9.59 Å². The van der Waals surface area contributed by atoms with Crippen molar-refractivity contribution in [2.24, 2.45) is 39.4 Å². The first kappa shape index (κ1) is 21.0. The van der Waals surface area contributed by atoms with E-state index in [-0.39, 0.29) is 64.4 Å². The highest BCUT2D eigenvalue weighted by atomic mass is 16.6. The van der Waals surface area contributed by atoms with Gasteiger partial charge in [0.25, 0.3) is 0 Å². The van der Waals surface area contributed by atoms with Gasteiger partial charge in [-0.15, -0.1) is 0 Å². The maximum atomic E-state index is 14.0. The number of hydrogen-bond acceptors (Lipinski definition) is 6. The molecular weight excluding hydrogens is 408 g/mol. The Hall–Kier alpha value is -1.53. The summed E-state index contributed by atoms with van der Waals surface area (Å²) in [6, 6.07) is 0. The number of carbonyl (C=O) groups excluding carboxylic acids is 3. The Labute approximate surface area is 189 Å². The first-order valence-electron chi connectivity index (χ1n) is 12.2. The van der Waals surface area contributed by atoms with Crippen LogP contribution >= 0.6 is 0 Å². The van der Waals surface area contributed by atoms with Crippen LogP contribution in [0, 0.1) is 39.4 Å². The minimum Gasteiger partial charge on any atom is -0.458 e. The van der Waals surface area contributed by atoms with Gasteiger partial charge in [-0.2, -0.15) is 0 Å². The number of ketones is 2. The van der Waals surface area contributed by atoms with Crippen LogP contribution in [0.1, 0.15) is 60.3 Å². The van der Waals surface area contributed by atoms with E-state index in [1.807, 2.05) is 13.8 Å². The van der Waals surface area contributed by atoms with Crippen LogP contribution in [0.5, 0.6) is 0 Å².